The monoisotopic (exact) mass is 295 g/mol. The third-order valence-corrected chi connectivity index (χ3v) is 3.73. The lowest BCUT2D eigenvalue weighted by atomic mass is 10.1. The Balaban J connectivity index is 2.16. The Bertz CT molecular complexity index is 496. The second-order valence-corrected chi connectivity index (χ2v) is 5.20. The molecule has 0 aliphatic carbocycles. The van der Waals surface area contributed by atoms with E-state index in [0.717, 1.165) is 30.6 Å². The topological polar surface area (TPSA) is 67.6 Å². The Morgan fingerprint density at radius 2 is 2.38 bits per heavy atom. The number of nitrogens with two attached hydrogens (primary N) is 1. The van der Waals surface area contributed by atoms with Crippen LogP contribution in [0.5, 0.6) is 0 Å². The first-order valence-corrected chi connectivity index (χ1v) is 7.17. The zero-order valence-electron chi connectivity index (χ0n) is 12.3. The molecule has 6 heteroatoms. The first-order chi connectivity index (χ1) is 10.1. The van der Waals surface area contributed by atoms with Crippen molar-refractivity contribution in [2.24, 2.45) is 5.73 Å². The summed E-state index contributed by atoms with van der Waals surface area (Å²) in [5.74, 6) is -0.604. The van der Waals surface area contributed by atoms with Gasteiger partial charge in [0.1, 0.15) is 11.9 Å². The van der Waals surface area contributed by atoms with Gasteiger partial charge in [0.25, 0.3) is 0 Å². The molecule has 0 spiro atoms. The molecule has 1 saturated heterocycles. The number of hydrogen-bond donors (Lipinski definition) is 2. The molecular weight excluding hydrogens is 273 g/mol. The van der Waals surface area contributed by atoms with Gasteiger partial charge in [0.05, 0.1) is 6.61 Å². The van der Waals surface area contributed by atoms with Crippen LogP contribution in [0.15, 0.2) is 18.2 Å². The van der Waals surface area contributed by atoms with E-state index in [1.54, 1.807) is 13.2 Å². The van der Waals surface area contributed by atoms with Crippen LogP contribution in [0, 0.1) is 5.82 Å². The van der Waals surface area contributed by atoms with E-state index >= 15 is 0 Å². The summed E-state index contributed by atoms with van der Waals surface area (Å²) in [5.41, 5.74) is 7.17. The van der Waals surface area contributed by atoms with Gasteiger partial charge < -0.3 is 20.7 Å². The maximum atomic E-state index is 13.5. The predicted molar refractivity (Wildman–Crippen MR) is 79.5 cm³/mol. The Morgan fingerprint density at radius 1 is 1.57 bits per heavy atom. The molecule has 1 amide bonds. The molecule has 1 aromatic carbocycles. The molecule has 21 heavy (non-hydrogen) atoms. The number of rotatable bonds is 7. The van der Waals surface area contributed by atoms with Crippen LogP contribution >= 0.6 is 0 Å². The van der Waals surface area contributed by atoms with Crippen molar-refractivity contribution < 1.29 is 13.9 Å². The zero-order valence-corrected chi connectivity index (χ0v) is 12.3. The SMILES string of the molecule is COCCNCc1cc(F)ccc1N1CCCC1C(N)=O. The van der Waals surface area contributed by atoms with E-state index in [1.807, 2.05) is 4.90 Å². The van der Waals surface area contributed by atoms with Gasteiger partial charge in [-0.1, -0.05) is 0 Å². The lowest BCUT2D eigenvalue weighted by Crippen LogP contribution is -2.41. The van der Waals surface area contributed by atoms with E-state index < -0.39 is 0 Å². The molecule has 0 bridgehead atoms. The third-order valence-electron chi connectivity index (χ3n) is 3.73. The number of methoxy groups -OCH3 is 1. The van der Waals surface area contributed by atoms with Crippen LogP contribution in [0.4, 0.5) is 10.1 Å². The highest BCUT2D eigenvalue weighted by atomic mass is 19.1. The summed E-state index contributed by atoms with van der Waals surface area (Å²) < 4.78 is 18.5. The van der Waals surface area contributed by atoms with Gasteiger partial charge in [-0.05, 0) is 36.6 Å². The number of anilines is 1. The molecule has 5 nitrogen and oxygen atoms in total. The van der Waals surface area contributed by atoms with E-state index in [-0.39, 0.29) is 17.8 Å². The number of primary amides is 1. The normalized spacial score (nSPS) is 18.2. The van der Waals surface area contributed by atoms with E-state index in [4.69, 9.17) is 10.5 Å². The van der Waals surface area contributed by atoms with Crippen molar-refractivity contribution in [3.63, 3.8) is 0 Å². The third kappa shape index (κ3) is 3.92. The van der Waals surface area contributed by atoms with Crippen molar-refractivity contribution in [1.29, 1.82) is 0 Å². The zero-order chi connectivity index (χ0) is 15.2. The molecule has 2 rings (SSSR count). The molecule has 1 heterocycles. The van der Waals surface area contributed by atoms with E-state index in [9.17, 15) is 9.18 Å². The van der Waals surface area contributed by atoms with Crippen molar-refractivity contribution >= 4 is 11.6 Å². The van der Waals surface area contributed by atoms with E-state index in [0.29, 0.717) is 19.7 Å². The van der Waals surface area contributed by atoms with Crippen molar-refractivity contribution in [3.05, 3.63) is 29.6 Å². The molecule has 1 aliphatic heterocycles. The molecule has 0 radical (unpaired) electrons. The number of ether oxygens (including phenoxy) is 1. The fourth-order valence-electron chi connectivity index (χ4n) is 2.72. The lowest BCUT2D eigenvalue weighted by molar-refractivity contribution is -0.119. The Morgan fingerprint density at radius 3 is 3.10 bits per heavy atom. The minimum atomic E-state index is -0.324. The number of carbonyl (C=O) groups excluding carboxylic acids is 1. The first-order valence-electron chi connectivity index (χ1n) is 7.17. The highest BCUT2D eigenvalue weighted by Crippen LogP contribution is 2.29. The number of amides is 1. The highest BCUT2D eigenvalue weighted by Gasteiger charge is 2.30. The molecule has 1 aliphatic rings. The standard InChI is InChI=1S/C15H22FN3O2/c1-21-8-6-18-10-11-9-12(16)4-5-13(11)19-7-2-3-14(19)15(17)20/h4-5,9,14,18H,2-3,6-8,10H2,1H3,(H2,17,20). The molecular formula is C15H22FN3O2. The Kier molecular flexibility index (Phi) is 5.52. The molecule has 1 fully saturated rings. The molecule has 0 saturated carbocycles. The largest absolute Gasteiger partial charge is 0.383 e. The van der Waals surface area contributed by atoms with Crippen molar-refractivity contribution in [3.8, 4) is 0 Å². The van der Waals surface area contributed by atoms with Crippen LogP contribution < -0.4 is 16.0 Å². The van der Waals surface area contributed by atoms with Gasteiger partial charge in [-0.3, -0.25) is 4.79 Å². The summed E-state index contributed by atoms with van der Waals surface area (Å²) in [6.07, 6.45) is 1.67. The van der Waals surface area contributed by atoms with Gasteiger partial charge in [-0.25, -0.2) is 4.39 Å². The van der Waals surface area contributed by atoms with Gasteiger partial charge in [0.2, 0.25) is 5.91 Å². The smallest absolute Gasteiger partial charge is 0.240 e. The summed E-state index contributed by atoms with van der Waals surface area (Å²) in [7, 11) is 1.64. The van der Waals surface area contributed by atoms with Crippen LogP contribution in [0.3, 0.4) is 0 Å². The van der Waals surface area contributed by atoms with Crippen LogP contribution in [0.2, 0.25) is 0 Å². The number of nitrogens with zero attached hydrogens (tertiary/aromatic N) is 1. The second-order valence-electron chi connectivity index (χ2n) is 5.20. The molecule has 1 aromatic rings. The average molecular weight is 295 g/mol. The maximum absolute atomic E-state index is 13.5. The number of nitrogens with one attached hydrogen (secondary N) is 1. The van der Waals surface area contributed by atoms with Crippen LogP contribution in [0.1, 0.15) is 18.4 Å². The molecule has 0 aromatic heterocycles. The Hall–Kier alpha value is -1.66. The lowest BCUT2D eigenvalue weighted by Gasteiger charge is -2.27. The van der Waals surface area contributed by atoms with Gasteiger partial charge in [-0.15, -0.1) is 0 Å². The van der Waals surface area contributed by atoms with Gasteiger partial charge in [0, 0.05) is 32.4 Å². The van der Waals surface area contributed by atoms with Gasteiger partial charge in [-0.2, -0.15) is 0 Å². The number of benzene rings is 1. The molecule has 3 N–H and O–H groups in total. The first kappa shape index (κ1) is 15.7. The predicted octanol–water partition coefficient (Wildman–Crippen LogP) is 1.02. The average Bonchev–Trinajstić information content (AvgIpc) is 2.93. The van der Waals surface area contributed by atoms with Crippen molar-refractivity contribution in [1.82, 2.24) is 5.32 Å². The van der Waals surface area contributed by atoms with Crippen molar-refractivity contribution in [2.45, 2.75) is 25.4 Å². The van der Waals surface area contributed by atoms with Crippen LogP contribution in [-0.4, -0.2) is 38.8 Å². The maximum Gasteiger partial charge on any atom is 0.240 e. The Labute approximate surface area is 124 Å². The summed E-state index contributed by atoms with van der Waals surface area (Å²) in [6, 6.07) is 4.35. The quantitative estimate of drug-likeness (QED) is 0.737. The molecule has 1 unspecified atom stereocenters. The summed E-state index contributed by atoms with van der Waals surface area (Å²) in [6.45, 7) is 2.58. The summed E-state index contributed by atoms with van der Waals surface area (Å²) in [5, 5.41) is 3.20. The van der Waals surface area contributed by atoms with Crippen molar-refractivity contribution in [2.75, 3.05) is 31.7 Å². The van der Waals surface area contributed by atoms with E-state index in [2.05, 4.69) is 5.32 Å². The number of carbonyl (C=O) groups is 1. The minimum Gasteiger partial charge on any atom is -0.383 e. The molecule has 1 atom stereocenters. The minimum absolute atomic E-state index is 0.280. The fourth-order valence-corrected chi connectivity index (χ4v) is 2.72. The molecule has 116 valence electrons. The summed E-state index contributed by atoms with van der Waals surface area (Å²) >= 11 is 0. The highest BCUT2D eigenvalue weighted by molar-refractivity contribution is 5.84. The van der Waals surface area contributed by atoms with E-state index in [1.165, 1.54) is 12.1 Å². The van der Waals surface area contributed by atoms with Crippen LogP contribution in [-0.2, 0) is 16.1 Å². The number of halogens is 1. The second kappa shape index (κ2) is 7.38. The van der Waals surface area contributed by atoms with Gasteiger partial charge >= 0.3 is 0 Å². The van der Waals surface area contributed by atoms with Crippen LogP contribution in [0.25, 0.3) is 0 Å². The van der Waals surface area contributed by atoms with Gasteiger partial charge in [0.15, 0.2) is 0 Å². The fraction of sp³-hybridized carbons (Fsp3) is 0.533. The summed E-state index contributed by atoms with van der Waals surface area (Å²) in [4.78, 5) is 13.5. The number of hydrogen-bond acceptors (Lipinski definition) is 4.